The topological polar surface area (TPSA) is 74.4 Å². The Morgan fingerprint density at radius 1 is 1.19 bits per heavy atom. The van der Waals surface area contributed by atoms with Gasteiger partial charge in [-0.2, -0.15) is 13.2 Å². The van der Waals surface area contributed by atoms with Crippen molar-refractivity contribution in [3.63, 3.8) is 0 Å². The summed E-state index contributed by atoms with van der Waals surface area (Å²) in [6.45, 7) is 0.805. The van der Waals surface area contributed by atoms with Gasteiger partial charge >= 0.3 is 12.1 Å². The lowest BCUT2D eigenvalue weighted by atomic mass is 10.1. The van der Waals surface area contributed by atoms with Gasteiger partial charge in [-0.15, -0.1) is 0 Å². The molecule has 1 aliphatic rings. The number of alkyl halides is 3. The largest absolute Gasteiger partial charge is 0.451 e. The average Bonchev–Trinajstić information content (AvgIpc) is 3.32. The fourth-order valence-electron chi connectivity index (χ4n) is 2.90. The van der Waals surface area contributed by atoms with Crippen molar-refractivity contribution >= 4 is 23.3 Å². The fraction of sp³-hybridized carbons (Fsp3) is 0.333. The predicted molar refractivity (Wildman–Crippen MR) is 92.6 cm³/mol. The Hall–Kier alpha value is -2.97. The smallest absolute Gasteiger partial charge is 0.416 e. The molecule has 1 aromatic carbocycles. The number of aromatic nitrogens is 1. The highest BCUT2D eigenvalue weighted by Gasteiger charge is 2.32. The SMILES string of the molecule is O=C(COC(=O)c1ccc[nH]1)Nc1cc(C(F)(F)F)ccc1N1CCCC1. The van der Waals surface area contributed by atoms with E-state index in [1.54, 1.807) is 6.07 Å². The van der Waals surface area contributed by atoms with Crippen LogP contribution in [-0.2, 0) is 15.7 Å². The molecule has 1 saturated heterocycles. The van der Waals surface area contributed by atoms with Gasteiger partial charge in [0, 0.05) is 19.3 Å². The molecule has 1 fully saturated rings. The van der Waals surface area contributed by atoms with Crippen molar-refractivity contribution in [3.05, 3.63) is 47.8 Å². The number of rotatable bonds is 5. The molecule has 2 aromatic rings. The van der Waals surface area contributed by atoms with E-state index >= 15 is 0 Å². The summed E-state index contributed by atoms with van der Waals surface area (Å²) in [7, 11) is 0. The summed E-state index contributed by atoms with van der Waals surface area (Å²) in [6, 6.07) is 6.34. The molecule has 0 bridgehead atoms. The maximum atomic E-state index is 13.0. The number of hydrogen-bond donors (Lipinski definition) is 2. The Morgan fingerprint density at radius 3 is 2.56 bits per heavy atom. The van der Waals surface area contributed by atoms with Crippen molar-refractivity contribution in [2.75, 3.05) is 29.9 Å². The highest BCUT2D eigenvalue weighted by atomic mass is 19.4. The number of esters is 1. The van der Waals surface area contributed by atoms with Gasteiger partial charge in [-0.05, 0) is 43.2 Å². The van der Waals surface area contributed by atoms with Crippen LogP contribution in [0.3, 0.4) is 0 Å². The second-order valence-corrected chi connectivity index (χ2v) is 6.13. The van der Waals surface area contributed by atoms with Gasteiger partial charge in [0.25, 0.3) is 5.91 Å². The van der Waals surface area contributed by atoms with E-state index in [0.29, 0.717) is 18.8 Å². The zero-order valence-corrected chi connectivity index (χ0v) is 14.3. The molecule has 1 aliphatic heterocycles. The summed E-state index contributed by atoms with van der Waals surface area (Å²) >= 11 is 0. The third-order valence-corrected chi connectivity index (χ3v) is 4.20. The first-order chi connectivity index (χ1) is 12.8. The van der Waals surface area contributed by atoms with Gasteiger partial charge in [-0.25, -0.2) is 4.79 Å². The summed E-state index contributed by atoms with van der Waals surface area (Å²) in [6.07, 6.45) is -1.13. The fourth-order valence-corrected chi connectivity index (χ4v) is 2.90. The number of benzene rings is 1. The molecule has 27 heavy (non-hydrogen) atoms. The zero-order valence-electron chi connectivity index (χ0n) is 14.3. The Morgan fingerprint density at radius 2 is 1.93 bits per heavy atom. The lowest BCUT2D eigenvalue weighted by molar-refractivity contribution is -0.137. The van der Waals surface area contributed by atoms with Crippen molar-refractivity contribution < 1.29 is 27.5 Å². The summed E-state index contributed by atoms with van der Waals surface area (Å²) < 4.78 is 43.9. The van der Waals surface area contributed by atoms with Crippen LogP contribution in [0.1, 0.15) is 28.9 Å². The first-order valence-electron chi connectivity index (χ1n) is 8.41. The zero-order chi connectivity index (χ0) is 19.4. The van der Waals surface area contributed by atoms with Crippen LogP contribution in [0.4, 0.5) is 24.5 Å². The van der Waals surface area contributed by atoms with Crippen molar-refractivity contribution in [2.24, 2.45) is 0 Å². The van der Waals surface area contributed by atoms with E-state index in [4.69, 9.17) is 4.74 Å². The summed E-state index contributed by atoms with van der Waals surface area (Å²) in [5.41, 5.74) is -0.110. The molecule has 2 heterocycles. The van der Waals surface area contributed by atoms with E-state index in [9.17, 15) is 22.8 Å². The third kappa shape index (κ3) is 4.60. The molecule has 0 aliphatic carbocycles. The molecular formula is C18H18F3N3O3. The van der Waals surface area contributed by atoms with Gasteiger partial charge in [0.2, 0.25) is 0 Å². The quantitative estimate of drug-likeness (QED) is 0.779. The van der Waals surface area contributed by atoms with E-state index in [1.807, 2.05) is 4.90 Å². The van der Waals surface area contributed by atoms with Crippen LogP contribution in [0.15, 0.2) is 36.5 Å². The monoisotopic (exact) mass is 381 g/mol. The number of nitrogens with one attached hydrogen (secondary N) is 2. The minimum absolute atomic E-state index is 0.0487. The Bertz CT molecular complexity index is 813. The number of halogens is 3. The van der Waals surface area contributed by atoms with Crippen molar-refractivity contribution in [3.8, 4) is 0 Å². The molecular weight excluding hydrogens is 363 g/mol. The Balaban J connectivity index is 1.72. The van der Waals surface area contributed by atoms with Crippen molar-refractivity contribution in [2.45, 2.75) is 19.0 Å². The van der Waals surface area contributed by atoms with Crippen LogP contribution in [0, 0.1) is 0 Å². The maximum Gasteiger partial charge on any atom is 0.416 e. The Kier molecular flexibility index (Phi) is 5.38. The third-order valence-electron chi connectivity index (χ3n) is 4.20. The van der Waals surface area contributed by atoms with Crippen LogP contribution >= 0.6 is 0 Å². The molecule has 0 saturated carbocycles. The standard InChI is InChI=1S/C18H18F3N3O3/c19-18(20,21)12-5-6-15(24-8-1-2-9-24)14(10-12)23-16(25)11-27-17(26)13-4-3-7-22-13/h3-7,10,22H,1-2,8-9,11H2,(H,23,25). The normalized spacial score (nSPS) is 14.3. The van der Waals surface area contributed by atoms with Gasteiger partial charge in [-0.1, -0.05) is 0 Å². The van der Waals surface area contributed by atoms with Gasteiger partial charge in [0.05, 0.1) is 16.9 Å². The molecule has 144 valence electrons. The molecule has 0 spiro atoms. The number of aromatic amines is 1. The molecule has 6 nitrogen and oxygen atoms in total. The highest BCUT2D eigenvalue weighted by Crippen LogP contribution is 2.36. The van der Waals surface area contributed by atoms with E-state index in [-0.39, 0.29) is 11.4 Å². The van der Waals surface area contributed by atoms with Crippen molar-refractivity contribution in [1.82, 2.24) is 4.98 Å². The summed E-state index contributed by atoms with van der Waals surface area (Å²) in [5.74, 6) is -1.44. The van der Waals surface area contributed by atoms with E-state index in [1.165, 1.54) is 18.3 Å². The van der Waals surface area contributed by atoms with Gasteiger partial charge < -0.3 is 19.9 Å². The lowest BCUT2D eigenvalue weighted by Gasteiger charge is -2.23. The molecule has 0 radical (unpaired) electrons. The molecule has 1 aromatic heterocycles. The highest BCUT2D eigenvalue weighted by molar-refractivity contribution is 5.97. The van der Waals surface area contributed by atoms with Gasteiger partial charge in [-0.3, -0.25) is 4.79 Å². The average molecular weight is 381 g/mol. The van der Waals surface area contributed by atoms with Crippen molar-refractivity contribution in [1.29, 1.82) is 0 Å². The summed E-state index contributed by atoms with van der Waals surface area (Å²) in [5, 5.41) is 2.43. The predicted octanol–water partition coefficient (Wildman–Crippen LogP) is 3.43. The number of hydrogen-bond acceptors (Lipinski definition) is 4. The molecule has 3 rings (SSSR count). The number of carbonyl (C=O) groups excluding carboxylic acids is 2. The van der Waals surface area contributed by atoms with Crippen LogP contribution in [-0.4, -0.2) is 36.6 Å². The number of carbonyl (C=O) groups is 2. The molecule has 1 amide bonds. The van der Waals surface area contributed by atoms with E-state index in [0.717, 1.165) is 25.0 Å². The second-order valence-electron chi connectivity index (χ2n) is 6.13. The van der Waals surface area contributed by atoms with E-state index in [2.05, 4.69) is 10.3 Å². The second kappa shape index (κ2) is 7.73. The number of nitrogens with zero attached hydrogens (tertiary/aromatic N) is 1. The minimum Gasteiger partial charge on any atom is -0.451 e. The van der Waals surface area contributed by atoms with Gasteiger partial charge in [0.15, 0.2) is 6.61 Å². The first-order valence-corrected chi connectivity index (χ1v) is 8.41. The number of amides is 1. The number of H-pyrrole nitrogens is 1. The summed E-state index contributed by atoms with van der Waals surface area (Å²) in [4.78, 5) is 28.4. The molecule has 2 N–H and O–H groups in total. The number of ether oxygens (including phenoxy) is 1. The number of anilines is 2. The Labute approximate surface area is 153 Å². The first kappa shape index (κ1) is 18.8. The molecule has 9 heteroatoms. The van der Waals surface area contributed by atoms with Crippen LogP contribution in [0.5, 0.6) is 0 Å². The van der Waals surface area contributed by atoms with Crippen LogP contribution in [0.25, 0.3) is 0 Å². The molecule has 0 unspecified atom stereocenters. The van der Waals surface area contributed by atoms with Gasteiger partial charge in [0.1, 0.15) is 5.69 Å². The lowest BCUT2D eigenvalue weighted by Crippen LogP contribution is -2.24. The minimum atomic E-state index is -4.52. The van der Waals surface area contributed by atoms with Crippen LogP contribution < -0.4 is 10.2 Å². The van der Waals surface area contributed by atoms with Crippen LogP contribution in [0.2, 0.25) is 0 Å². The maximum absolute atomic E-state index is 13.0. The van der Waals surface area contributed by atoms with E-state index < -0.39 is 30.2 Å². The molecule has 0 atom stereocenters.